The van der Waals surface area contributed by atoms with Gasteiger partial charge in [0, 0.05) is 25.6 Å². The van der Waals surface area contributed by atoms with Crippen molar-refractivity contribution in [1.29, 1.82) is 0 Å². The monoisotopic (exact) mass is 295 g/mol. The second-order valence-electron chi connectivity index (χ2n) is 4.42. The number of alkyl halides is 3. The highest BCUT2D eigenvalue weighted by molar-refractivity contribution is 6.30. The summed E-state index contributed by atoms with van der Waals surface area (Å²) in [6, 6.07) is 0. The zero-order valence-corrected chi connectivity index (χ0v) is 11.9. The summed E-state index contributed by atoms with van der Waals surface area (Å²) in [7, 11) is 1.58. The van der Waals surface area contributed by atoms with E-state index in [4.69, 9.17) is 11.6 Å². The number of hydrogen-bond acceptors (Lipinski definition) is 3. The van der Waals surface area contributed by atoms with Crippen LogP contribution in [0, 0.1) is 6.92 Å². The van der Waals surface area contributed by atoms with Crippen LogP contribution >= 0.6 is 11.6 Å². The minimum atomic E-state index is -4.18. The molecule has 0 aliphatic heterocycles. The summed E-state index contributed by atoms with van der Waals surface area (Å²) in [4.78, 5) is 9.87. The highest BCUT2D eigenvalue weighted by Crippen LogP contribution is 2.25. The zero-order valence-electron chi connectivity index (χ0n) is 11.2. The smallest absolute Gasteiger partial charge is 0.359 e. The van der Waals surface area contributed by atoms with Crippen molar-refractivity contribution in [2.24, 2.45) is 0 Å². The van der Waals surface area contributed by atoms with Crippen LogP contribution in [0.3, 0.4) is 0 Å². The van der Waals surface area contributed by atoms with Crippen LogP contribution < -0.4 is 4.90 Å². The van der Waals surface area contributed by atoms with Gasteiger partial charge in [-0.1, -0.05) is 18.5 Å². The number of nitrogens with zero attached hydrogens (tertiary/aromatic N) is 3. The van der Waals surface area contributed by atoms with Gasteiger partial charge in [-0.2, -0.15) is 13.2 Å². The minimum Gasteiger partial charge on any atom is -0.359 e. The van der Waals surface area contributed by atoms with Crippen LogP contribution in [0.1, 0.15) is 31.2 Å². The molecule has 0 fully saturated rings. The maximum Gasteiger partial charge on any atom is 0.390 e. The van der Waals surface area contributed by atoms with E-state index >= 15 is 0 Å². The first-order valence-corrected chi connectivity index (χ1v) is 6.43. The fourth-order valence-electron chi connectivity index (χ4n) is 1.63. The topological polar surface area (TPSA) is 29.0 Å². The lowest BCUT2D eigenvalue weighted by Crippen LogP contribution is -2.26. The third kappa shape index (κ3) is 4.86. The van der Waals surface area contributed by atoms with Gasteiger partial charge in [0.25, 0.3) is 0 Å². The Hall–Kier alpha value is -1.04. The van der Waals surface area contributed by atoms with Gasteiger partial charge in [-0.05, 0) is 13.3 Å². The lowest BCUT2D eigenvalue weighted by atomic mass is 10.2. The van der Waals surface area contributed by atoms with Crippen LogP contribution in [0.25, 0.3) is 0 Å². The molecule has 1 rings (SSSR count). The first kappa shape index (κ1) is 16.0. The fraction of sp³-hybridized carbons (Fsp3) is 0.667. The maximum absolute atomic E-state index is 12.2. The van der Waals surface area contributed by atoms with Gasteiger partial charge >= 0.3 is 6.18 Å². The van der Waals surface area contributed by atoms with Gasteiger partial charge in [0.15, 0.2) is 0 Å². The van der Waals surface area contributed by atoms with Crippen molar-refractivity contribution in [3.8, 4) is 0 Å². The van der Waals surface area contributed by atoms with Gasteiger partial charge in [0.05, 0.1) is 6.42 Å². The molecule has 0 radical (unpaired) electrons. The van der Waals surface area contributed by atoms with Crippen LogP contribution in [-0.2, 0) is 6.42 Å². The molecule has 0 aliphatic carbocycles. The van der Waals surface area contributed by atoms with Crippen molar-refractivity contribution >= 4 is 17.4 Å². The molecule has 0 bridgehead atoms. The molecule has 0 unspecified atom stereocenters. The molecule has 0 saturated heterocycles. The average molecular weight is 296 g/mol. The second-order valence-corrected chi connectivity index (χ2v) is 4.77. The Labute approximate surface area is 115 Å². The molecule has 0 saturated carbocycles. The molecule has 108 valence electrons. The fourth-order valence-corrected chi connectivity index (χ4v) is 1.81. The van der Waals surface area contributed by atoms with Crippen molar-refractivity contribution in [3.63, 3.8) is 0 Å². The third-order valence-corrected chi connectivity index (χ3v) is 3.04. The molecule has 0 N–H and O–H groups in total. The van der Waals surface area contributed by atoms with E-state index in [1.54, 1.807) is 14.0 Å². The number of anilines is 1. The Morgan fingerprint density at radius 3 is 2.42 bits per heavy atom. The molecule has 1 aromatic heterocycles. The maximum atomic E-state index is 12.2. The van der Waals surface area contributed by atoms with Crippen molar-refractivity contribution < 1.29 is 13.2 Å². The Morgan fingerprint density at radius 1 is 1.26 bits per heavy atom. The predicted octanol–water partition coefficient (Wildman–Crippen LogP) is 3.78. The summed E-state index contributed by atoms with van der Waals surface area (Å²) < 4.78 is 36.7. The molecule has 0 atom stereocenters. The molecule has 1 heterocycles. The molecule has 3 nitrogen and oxygen atoms in total. The lowest BCUT2D eigenvalue weighted by molar-refractivity contribution is -0.132. The minimum absolute atomic E-state index is 0.150. The van der Waals surface area contributed by atoms with Gasteiger partial charge in [-0.15, -0.1) is 0 Å². The van der Waals surface area contributed by atoms with Crippen molar-refractivity contribution in [2.75, 3.05) is 18.5 Å². The van der Waals surface area contributed by atoms with Crippen molar-refractivity contribution in [3.05, 3.63) is 16.5 Å². The molecule has 7 heteroatoms. The number of halogens is 4. The lowest BCUT2D eigenvalue weighted by Gasteiger charge is -2.21. The number of aryl methyl sites for hydroxylation is 1. The Balaban J connectivity index is 2.91. The van der Waals surface area contributed by atoms with Crippen LogP contribution in [0.15, 0.2) is 0 Å². The van der Waals surface area contributed by atoms with Gasteiger partial charge in [0.1, 0.15) is 16.8 Å². The largest absolute Gasteiger partial charge is 0.390 e. The standard InChI is InChI=1S/C12H17ClF3N3/c1-4-5-9-17-10(13)8(2)11(18-9)19(3)7-6-12(14,15)16/h4-7H2,1-3H3. The Bertz CT molecular complexity index is 435. The van der Waals surface area contributed by atoms with Crippen molar-refractivity contribution in [2.45, 2.75) is 39.3 Å². The van der Waals surface area contributed by atoms with E-state index < -0.39 is 12.6 Å². The first-order chi connectivity index (χ1) is 8.74. The summed E-state index contributed by atoms with van der Waals surface area (Å²) in [6.45, 7) is 3.53. The van der Waals surface area contributed by atoms with Crippen LogP contribution in [0.5, 0.6) is 0 Å². The van der Waals surface area contributed by atoms with E-state index in [9.17, 15) is 13.2 Å². The Kier molecular flexibility index (Phi) is 5.40. The van der Waals surface area contributed by atoms with Crippen LogP contribution in [-0.4, -0.2) is 29.7 Å². The van der Waals surface area contributed by atoms with Gasteiger partial charge in [-0.3, -0.25) is 0 Å². The van der Waals surface area contributed by atoms with Gasteiger partial charge < -0.3 is 4.90 Å². The summed E-state index contributed by atoms with van der Waals surface area (Å²) in [6.07, 6.45) is -3.55. The SMILES string of the molecule is CCCc1nc(Cl)c(C)c(N(C)CCC(F)(F)F)n1. The Morgan fingerprint density at radius 2 is 1.89 bits per heavy atom. The van der Waals surface area contributed by atoms with E-state index in [1.807, 2.05) is 6.92 Å². The number of hydrogen-bond donors (Lipinski definition) is 0. The number of rotatable bonds is 5. The second kappa shape index (κ2) is 6.41. The summed E-state index contributed by atoms with van der Waals surface area (Å²) in [5.41, 5.74) is 0.603. The molecular formula is C12H17ClF3N3. The average Bonchev–Trinajstić information content (AvgIpc) is 2.30. The zero-order chi connectivity index (χ0) is 14.6. The third-order valence-electron chi connectivity index (χ3n) is 2.67. The normalized spacial score (nSPS) is 11.7. The predicted molar refractivity (Wildman–Crippen MR) is 69.7 cm³/mol. The van der Waals surface area contributed by atoms with E-state index in [-0.39, 0.29) is 6.54 Å². The molecule has 0 spiro atoms. The van der Waals surface area contributed by atoms with Crippen LogP contribution in [0.4, 0.5) is 19.0 Å². The molecule has 0 aromatic carbocycles. The summed E-state index contributed by atoms with van der Waals surface area (Å²) >= 11 is 5.99. The summed E-state index contributed by atoms with van der Waals surface area (Å²) in [5.74, 6) is 1.03. The molecule has 19 heavy (non-hydrogen) atoms. The molecule has 0 amide bonds. The van der Waals surface area contributed by atoms with E-state index in [0.717, 1.165) is 6.42 Å². The molecular weight excluding hydrogens is 279 g/mol. The highest BCUT2D eigenvalue weighted by atomic mass is 35.5. The number of aromatic nitrogens is 2. The van der Waals surface area contributed by atoms with Gasteiger partial charge in [-0.25, -0.2) is 9.97 Å². The molecule has 1 aromatic rings. The van der Waals surface area contributed by atoms with Gasteiger partial charge in [0.2, 0.25) is 0 Å². The van der Waals surface area contributed by atoms with Crippen molar-refractivity contribution in [1.82, 2.24) is 9.97 Å². The van der Waals surface area contributed by atoms with E-state index in [2.05, 4.69) is 9.97 Å². The van der Waals surface area contributed by atoms with E-state index in [1.165, 1.54) is 4.90 Å². The highest BCUT2D eigenvalue weighted by Gasteiger charge is 2.27. The molecule has 0 aliphatic rings. The van der Waals surface area contributed by atoms with E-state index in [0.29, 0.717) is 28.8 Å². The van der Waals surface area contributed by atoms with Crippen LogP contribution in [0.2, 0.25) is 5.15 Å². The first-order valence-electron chi connectivity index (χ1n) is 6.05. The quantitative estimate of drug-likeness (QED) is 0.774. The summed E-state index contributed by atoms with van der Waals surface area (Å²) in [5, 5.41) is 0.298.